The highest BCUT2D eigenvalue weighted by atomic mass is 35.5. The number of nitrogens with zero attached hydrogens (tertiary/aromatic N) is 4. The van der Waals surface area contributed by atoms with E-state index in [2.05, 4.69) is 10.1 Å². The number of halogens is 4. The molecule has 0 unspecified atom stereocenters. The molecule has 26 heavy (non-hydrogen) atoms. The van der Waals surface area contributed by atoms with Crippen LogP contribution in [-0.2, 0) is 18.3 Å². The van der Waals surface area contributed by atoms with Crippen LogP contribution >= 0.6 is 22.9 Å². The van der Waals surface area contributed by atoms with E-state index in [1.807, 2.05) is 0 Å². The fourth-order valence-electron chi connectivity index (χ4n) is 2.71. The Morgan fingerprint density at radius 1 is 1.31 bits per heavy atom. The van der Waals surface area contributed by atoms with Crippen molar-refractivity contribution in [3.8, 4) is 0 Å². The zero-order valence-corrected chi connectivity index (χ0v) is 15.5. The van der Waals surface area contributed by atoms with Gasteiger partial charge in [-0.15, -0.1) is 11.3 Å². The maximum absolute atomic E-state index is 12.7. The quantitative estimate of drug-likeness (QED) is 0.725. The molecule has 0 aliphatic rings. The lowest BCUT2D eigenvalue weighted by Crippen LogP contribution is -2.26. The molecule has 0 fully saturated rings. The first-order valence-electron chi connectivity index (χ1n) is 7.43. The maximum Gasteiger partial charge on any atom is 0.435 e. The van der Waals surface area contributed by atoms with Crippen molar-refractivity contribution in [2.45, 2.75) is 39.1 Å². The van der Waals surface area contributed by atoms with Gasteiger partial charge in [0.15, 0.2) is 10.7 Å². The molecule has 140 valence electrons. The van der Waals surface area contributed by atoms with Crippen LogP contribution in [0.2, 0.25) is 5.15 Å². The number of aryl methyl sites for hydroxylation is 1. The second kappa shape index (κ2) is 6.07. The average molecular weight is 407 g/mol. The molecule has 0 aromatic carbocycles. The van der Waals surface area contributed by atoms with E-state index in [0.29, 0.717) is 16.7 Å². The first-order chi connectivity index (χ1) is 11.9. The third-order valence-electron chi connectivity index (χ3n) is 3.66. The molecule has 0 saturated heterocycles. The highest BCUT2D eigenvalue weighted by Gasteiger charge is 2.35. The van der Waals surface area contributed by atoms with Crippen LogP contribution in [0.1, 0.15) is 35.8 Å². The predicted octanol–water partition coefficient (Wildman–Crippen LogP) is 3.21. The lowest BCUT2D eigenvalue weighted by atomic mass is 10.0. The van der Waals surface area contributed by atoms with Crippen LogP contribution in [0.25, 0.3) is 4.96 Å². The topological polar surface area (TPSA) is 72.4 Å². The van der Waals surface area contributed by atoms with Crippen LogP contribution < -0.4 is 5.56 Å². The van der Waals surface area contributed by atoms with Crippen LogP contribution in [0.3, 0.4) is 0 Å². The molecule has 3 heterocycles. The van der Waals surface area contributed by atoms with Crippen LogP contribution in [0, 0.1) is 6.92 Å². The number of rotatable bonds is 3. The number of aliphatic hydroxyl groups is 1. The number of hydrogen-bond donors (Lipinski definition) is 1. The average Bonchev–Trinajstić information content (AvgIpc) is 2.98. The van der Waals surface area contributed by atoms with E-state index in [-0.39, 0.29) is 17.4 Å². The Hall–Kier alpha value is -1.91. The lowest BCUT2D eigenvalue weighted by molar-refractivity contribution is -0.141. The van der Waals surface area contributed by atoms with Gasteiger partial charge in [0, 0.05) is 17.0 Å². The molecule has 0 atom stereocenters. The molecule has 0 spiro atoms. The van der Waals surface area contributed by atoms with Gasteiger partial charge >= 0.3 is 6.18 Å². The summed E-state index contributed by atoms with van der Waals surface area (Å²) in [5, 5.41) is 13.5. The van der Waals surface area contributed by atoms with Crippen LogP contribution in [0.15, 0.2) is 16.9 Å². The highest BCUT2D eigenvalue weighted by molar-refractivity contribution is 7.17. The number of fused-ring (bicyclic) bond motifs is 1. The zero-order chi connectivity index (χ0) is 19.4. The van der Waals surface area contributed by atoms with Crippen molar-refractivity contribution in [3.05, 3.63) is 49.6 Å². The van der Waals surface area contributed by atoms with Crippen LogP contribution in [-0.4, -0.2) is 24.3 Å². The summed E-state index contributed by atoms with van der Waals surface area (Å²) in [6, 6.07) is 1.91. The fourth-order valence-corrected chi connectivity index (χ4v) is 4.05. The van der Waals surface area contributed by atoms with Crippen LogP contribution in [0.4, 0.5) is 13.2 Å². The minimum Gasteiger partial charge on any atom is -0.384 e. The summed E-state index contributed by atoms with van der Waals surface area (Å²) in [6.07, 6.45) is -4.61. The molecule has 6 nitrogen and oxygen atoms in total. The van der Waals surface area contributed by atoms with E-state index >= 15 is 0 Å². The van der Waals surface area contributed by atoms with Crippen molar-refractivity contribution in [1.29, 1.82) is 0 Å². The molecule has 3 aromatic rings. The molecule has 0 amide bonds. The zero-order valence-electron chi connectivity index (χ0n) is 13.9. The van der Waals surface area contributed by atoms with Crippen molar-refractivity contribution >= 4 is 27.9 Å². The smallest absolute Gasteiger partial charge is 0.384 e. The fraction of sp³-hybridized carbons (Fsp3) is 0.400. The molecular weight excluding hydrogens is 393 g/mol. The van der Waals surface area contributed by atoms with Crippen LogP contribution in [0.5, 0.6) is 0 Å². The van der Waals surface area contributed by atoms with Gasteiger partial charge in [-0.1, -0.05) is 11.6 Å². The third-order valence-corrected chi connectivity index (χ3v) is 4.92. The highest BCUT2D eigenvalue weighted by Crippen LogP contribution is 2.31. The second-order valence-corrected chi connectivity index (χ2v) is 7.85. The number of alkyl halides is 3. The molecule has 0 aliphatic carbocycles. The van der Waals surface area contributed by atoms with Gasteiger partial charge in [0.1, 0.15) is 10.8 Å². The minimum absolute atomic E-state index is 0.185. The summed E-state index contributed by atoms with van der Waals surface area (Å²) in [5.74, 6) is 0. The van der Waals surface area contributed by atoms with Crippen molar-refractivity contribution < 1.29 is 18.3 Å². The molecule has 0 radical (unpaired) electrons. The summed E-state index contributed by atoms with van der Waals surface area (Å²) >= 11 is 7.01. The Morgan fingerprint density at radius 3 is 2.50 bits per heavy atom. The number of hydrogen-bond acceptors (Lipinski definition) is 5. The summed E-state index contributed by atoms with van der Waals surface area (Å²) in [5.41, 5.74) is -2.15. The van der Waals surface area contributed by atoms with Gasteiger partial charge < -0.3 is 5.11 Å². The second-order valence-electron chi connectivity index (χ2n) is 6.28. The normalized spacial score (nSPS) is 12.9. The van der Waals surface area contributed by atoms with Crippen molar-refractivity contribution in [1.82, 2.24) is 19.2 Å². The van der Waals surface area contributed by atoms with Gasteiger partial charge in [-0.3, -0.25) is 9.20 Å². The first-order valence-corrected chi connectivity index (χ1v) is 8.63. The molecule has 3 aromatic heterocycles. The summed E-state index contributed by atoms with van der Waals surface area (Å²) in [6.45, 7) is 4.69. The van der Waals surface area contributed by atoms with Gasteiger partial charge in [-0.05, 0) is 20.8 Å². The van der Waals surface area contributed by atoms with Gasteiger partial charge in [0.2, 0.25) is 0 Å². The number of thiazole rings is 1. The van der Waals surface area contributed by atoms with E-state index < -0.39 is 23.0 Å². The van der Waals surface area contributed by atoms with Gasteiger partial charge in [-0.25, -0.2) is 9.67 Å². The molecular formula is C15H14ClF3N4O2S. The molecule has 0 aliphatic heterocycles. The summed E-state index contributed by atoms with van der Waals surface area (Å²) < 4.78 is 40.4. The Labute approximate surface area is 154 Å². The third kappa shape index (κ3) is 3.36. The van der Waals surface area contributed by atoms with Crippen molar-refractivity contribution in [3.63, 3.8) is 0 Å². The Balaban J connectivity index is 2.06. The van der Waals surface area contributed by atoms with E-state index in [9.17, 15) is 23.1 Å². The molecule has 0 saturated carbocycles. The Bertz CT molecular complexity index is 1050. The number of aromatic nitrogens is 4. The monoisotopic (exact) mass is 406 g/mol. The molecule has 3 rings (SSSR count). The van der Waals surface area contributed by atoms with Crippen molar-refractivity contribution in [2.24, 2.45) is 0 Å². The predicted molar refractivity (Wildman–Crippen MR) is 90.7 cm³/mol. The standard InChI is InChI=1S/C15H14ClF3N4O2S/c1-7-12(14(2,3)25)23-11(24)4-8(20-13(23)26-7)6-22-10(16)5-9(21-22)15(17,18)19/h4-5,25H,6H2,1-3H3. The van der Waals surface area contributed by atoms with Crippen molar-refractivity contribution in [2.75, 3.05) is 0 Å². The Kier molecular flexibility index (Phi) is 4.40. The largest absolute Gasteiger partial charge is 0.435 e. The summed E-state index contributed by atoms with van der Waals surface area (Å²) in [4.78, 5) is 17.9. The molecule has 1 N–H and O–H groups in total. The first kappa shape index (κ1) is 18.9. The Morgan fingerprint density at radius 2 is 1.96 bits per heavy atom. The lowest BCUT2D eigenvalue weighted by Gasteiger charge is -2.17. The SMILES string of the molecule is Cc1sc2nc(Cn3nc(C(F)(F)F)cc3Cl)cc(=O)n2c1C(C)(C)O. The summed E-state index contributed by atoms with van der Waals surface area (Å²) in [7, 11) is 0. The van der Waals surface area contributed by atoms with E-state index in [1.165, 1.54) is 21.8 Å². The van der Waals surface area contributed by atoms with Gasteiger partial charge in [-0.2, -0.15) is 18.3 Å². The minimum atomic E-state index is -4.61. The van der Waals surface area contributed by atoms with E-state index in [1.54, 1.807) is 20.8 Å². The van der Waals surface area contributed by atoms with Gasteiger partial charge in [0.25, 0.3) is 5.56 Å². The van der Waals surface area contributed by atoms with E-state index in [4.69, 9.17) is 11.6 Å². The maximum atomic E-state index is 12.7. The molecule has 11 heteroatoms. The van der Waals surface area contributed by atoms with E-state index in [0.717, 1.165) is 9.56 Å². The molecule has 0 bridgehead atoms. The van der Waals surface area contributed by atoms with Gasteiger partial charge in [0.05, 0.1) is 17.9 Å².